The Hall–Kier alpha value is -1.12. The minimum absolute atomic E-state index is 0.191. The maximum absolute atomic E-state index is 12.1. The fourth-order valence-electron chi connectivity index (χ4n) is 2.39. The Morgan fingerprint density at radius 1 is 1.69 bits per heavy atom. The topological polar surface area (TPSA) is 43.4 Å². The molecule has 0 N–H and O–H groups in total. The zero-order chi connectivity index (χ0) is 12.2. The van der Waals surface area contributed by atoms with Gasteiger partial charge in [0.1, 0.15) is 5.78 Å². The summed E-state index contributed by atoms with van der Waals surface area (Å²) < 4.78 is 4.67. The molecule has 1 saturated carbocycles. The van der Waals surface area contributed by atoms with Gasteiger partial charge in [-0.1, -0.05) is 13.0 Å². The van der Waals surface area contributed by atoms with E-state index in [0.717, 1.165) is 12.8 Å². The summed E-state index contributed by atoms with van der Waals surface area (Å²) in [6.07, 6.45) is 5.02. The zero-order valence-electron chi connectivity index (χ0n) is 10.1. The maximum atomic E-state index is 12.1. The Labute approximate surface area is 96.9 Å². The number of rotatable bonds is 4. The maximum Gasteiger partial charge on any atom is 0.306 e. The summed E-state index contributed by atoms with van der Waals surface area (Å²) in [6, 6.07) is 0. The van der Waals surface area contributed by atoms with Crippen molar-refractivity contribution >= 4 is 11.8 Å². The average Bonchev–Trinajstić information content (AvgIpc) is 2.31. The van der Waals surface area contributed by atoms with Gasteiger partial charge in [0.05, 0.1) is 13.5 Å². The molecule has 0 spiro atoms. The van der Waals surface area contributed by atoms with Crippen LogP contribution in [0.1, 0.15) is 39.0 Å². The first-order valence-corrected chi connectivity index (χ1v) is 5.80. The number of allylic oxidation sites excluding steroid dienone is 1. The van der Waals surface area contributed by atoms with Gasteiger partial charge < -0.3 is 4.74 Å². The molecule has 0 bridgehead atoms. The molecule has 1 rings (SSSR count). The van der Waals surface area contributed by atoms with Crippen LogP contribution in [0.5, 0.6) is 0 Å². The molecule has 0 aromatic heterocycles. The van der Waals surface area contributed by atoms with Crippen LogP contribution in [0.4, 0.5) is 0 Å². The number of carbonyl (C=O) groups is 2. The molecule has 0 amide bonds. The average molecular weight is 224 g/mol. The van der Waals surface area contributed by atoms with E-state index in [4.69, 9.17) is 0 Å². The van der Waals surface area contributed by atoms with Gasteiger partial charge in [-0.15, -0.1) is 6.58 Å². The minimum Gasteiger partial charge on any atom is -0.469 e. The van der Waals surface area contributed by atoms with Crippen LogP contribution in [0.15, 0.2) is 12.7 Å². The zero-order valence-corrected chi connectivity index (χ0v) is 10.1. The molecule has 16 heavy (non-hydrogen) atoms. The SMILES string of the molecule is C=C[C@H]1CC[C@@](CC)(CC(=O)OC)C(=O)C1. The molecular weight excluding hydrogens is 204 g/mol. The highest BCUT2D eigenvalue weighted by molar-refractivity contribution is 5.89. The number of Topliss-reactive ketones (excluding diaryl/α,β-unsaturated/α-hetero) is 1. The van der Waals surface area contributed by atoms with E-state index < -0.39 is 5.41 Å². The molecule has 0 unspecified atom stereocenters. The summed E-state index contributed by atoms with van der Waals surface area (Å²) in [5, 5.41) is 0. The van der Waals surface area contributed by atoms with E-state index in [1.165, 1.54) is 7.11 Å². The third-order valence-corrected chi connectivity index (χ3v) is 3.75. The van der Waals surface area contributed by atoms with Crippen LogP contribution in [-0.2, 0) is 14.3 Å². The van der Waals surface area contributed by atoms with E-state index in [0.29, 0.717) is 12.8 Å². The molecular formula is C13H20O3. The summed E-state index contributed by atoms with van der Waals surface area (Å²) in [6.45, 7) is 5.69. The molecule has 1 fully saturated rings. The summed E-state index contributed by atoms with van der Waals surface area (Å²) in [5.41, 5.74) is -0.480. The van der Waals surface area contributed by atoms with E-state index in [1.807, 2.05) is 13.0 Å². The second kappa shape index (κ2) is 5.28. The molecule has 0 heterocycles. The summed E-state index contributed by atoms with van der Waals surface area (Å²) in [5.74, 6) is 0.189. The Morgan fingerprint density at radius 3 is 2.81 bits per heavy atom. The Kier molecular flexibility index (Phi) is 4.27. The first-order valence-electron chi connectivity index (χ1n) is 5.80. The predicted molar refractivity (Wildman–Crippen MR) is 61.9 cm³/mol. The predicted octanol–water partition coefficient (Wildman–Crippen LogP) is 2.50. The lowest BCUT2D eigenvalue weighted by Crippen LogP contribution is -2.38. The van der Waals surface area contributed by atoms with Gasteiger partial charge in [0.15, 0.2) is 0 Å². The largest absolute Gasteiger partial charge is 0.469 e. The third kappa shape index (κ3) is 2.52. The minimum atomic E-state index is -0.480. The summed E-state index contributed by atoms with van der Waals surface area (Å²) in [4.78, 5) is 23.5. The van der Waals surface area contributed by atoms with Crippen molar-refractivity contribution in [1.29, 1.82) is 0 Å². The Bertz CT molecular complexity index is 296. The smallest absolute Gasteiger partial charge is 0.306 e. The lowest BCUT2D eigenvalue weighted by Gasteiger charge is -2.36. The van der Waals surface area contributed by atoms with Crippen molar-refractivity contribution in [3.05, 3.63) is 12.7 Å². The van der Waals surface area contributed by atoms with Gasteiger partial charge >= 0.3 is 5.97 Å². The molecule has 1 aliphatic carbocycles. The number of methoxy groups -OCH3 is 1. The molecule has 0 saturated heterocycles. The molecule has 0 aliphatic heterocycles. The third-order valence-electron chi connectivity index (χ3n) is 3.75. The first kappa shape index (κ1) is 12.9. The molecule has 0 aromatic carbocycles. The van der Waals surface area contributed by atoms with Crippen molar-refractivity contribution in [2.24, 2.45) is 11.3 Å². The number of hydrogen-bond donors (Lipinski definition) is 0. The van der Waals surface area contributed by atoms with Crippen molar-refractivity contribution in [3.63, 3.8) is 0 Å². The molecule has 3 heteroatoms. The second-order valence-electron chi connectivity index (χ2n) is 4.55. The highest BCUT2D eigenvalue weighted by Gasteiger charge is 2.42. The monoisotopic (exact) mass is 224 g/mol. The van der Waals surface area contributed by atoms with E-state index in [9.17, 15) is 9.59 Å². The molecule has 3 nitrogen and oxygen atoms in total. The van der Waals surface area contributed by atoms with E-state index in [1.54, 1.807) is 0 Å². The first-order chi connectivity index (χ1) is 7.57. The van der Waals surface area contributed by atoms with E-state index in [-0.39, 0.29) is 24.1 Å². The standard InChI is InChI=1S/C13H20O3/c1-4-10-6-7-13(5-2,11(14)8-10)9-12(15)16-3/h4,10H,1,5-9H2,2-3H3/t10-,13-/m0/s1. The van der Waals surface area contributed by atoms with Crippen molar-refractivity contribution in [2.45, 2.75) is 39.0 Å². The van der Waals surface area contributed by atoms with Crippen molar-refractivity contribution in [1.82, 2.24) is 0 Å². The lowest BCUT2D eigenvalue weighted by atomic mass is 9.66. The van der Waals surface area contributed by atoms with Crippen LogP contribution in [0.25, 0.3) is 0 Å². The van der Waals surface area contributed by atoms with E-state index >= 15 is 0 Å². The summed E-state index contributed by atoms with van der Waals surface area (Å²) in [7, 11) is 1.37. The van der Waals surface area contributed by atoms with Crippen LogP contribution in [0.3, 0.4) is 0 Å². The second-order valence-corrected chi connectivity index (χ2v) is 4.55. The number of ketones is 1. The quantitative estimate of drug-likeness (QED) is 0.544. The van der Waals surface area contributed by atoms with Gasteiger partial charge in [0, 0.05) is 11.8 Å². The van der Waals surface area contributed by atoms with Gasteiger partial charge in [-0.25, -0.2) is 0 Å². The molecule has 2 atom stereocenters. The van der Waals surface area contributed by atoms with Crippen LogP contribution in [0, 0.1) is 11.3 Å². The van der Waals surface area contributed by atoms with Crippen LogP contribution >= 0.6 is 0 Å². The molecule has 1 aliphatic rings. The van der Waals surface area contributed by atoms with Crippen LogP contribution < -0.4 is 0 Å². The van der Waals surface area contributed by atoms with E-state index in [2.05, 4.69) is 11.3 Å². The van der Waals surface area contributed by atoms with Crippen LogP contribution in [-0.4, -0.2) is 18.9 Å². The molecule has 0 radical (unpaired) electrons. The van der Waals surface area contributed by atoms with Gasteiger partial charge in [-0.05, 0) is 25.2 Å². The normalized spacial score (nSPS) is 29.9. The number of esters is 1. The van der Waals surface area contributed by atoms with Gasteiger partial charge in [-0.3, -0.25) is 9.59 Å². The highest BCUT2D eigenvalue weighted by atomic mass is 16.5. The molecule has 90 valence electrons. The summed E-state index contributed by atoms with van der Waals surface area (Å²) >= 11 is 0. The van der Waals surface area contributed by atoms with Gasteiger partial charge in [0.25, 0.3) is 0 Å². The Balaban J connectivity index is 2.77. The van der Waals surface area contributed by atoms with Crippen LogP contribution in [0.2, 0.25) is 0 Å². The Morgan fingerprint density at radius 2 is 2.38 bits per heavy atom. The molecule has 0 aromatic rings. The highest BCUT2D eigenvalue weighted by Crippen LogP contribution is 2.41. The fraction of sp³-hybridized carbons (Fsp3) is 0.692. The number of ether oxygens (including phenoxy) is 1. The van der Waals surface area contributed by atoms with Crippen molar-refractivity contribution in [2.75, 3.05) is 7.11 Å². The van der Waals surface area contributed by atoms with Crippen molar-refractivity contribution < 1.29 is 14.3 Å². The van der Waals surface area contributed by atoms with Crippen molar-refractivity contribution in [3.8, 4) is 0 Å². The number of hydrogen-bond acceptors (Lipinski definition) is 3. The number of carbonyl (C=O) groups excluding carboxylic acids is 2. The van der Waals surface area contributed by atoms with Gasteiger partial charge in [-0.2, -0.15) is 0 Å². The van der Waals surface area contributed by atoms with Gasteiger partial charge in [0.2, 0.25) is 0 Å². The lowest BCUT2D eigenvalue weighted by molar-refractivity contribution is -0.149. The fourth-order valence-corrected chi connectivity index (χ4v) is 2.39.